The van der Waals surface area contributed by atoms with E-state index >= 15 is 0 Å². The van der Waals surface area contributed by atoms with Crippen LogP contribution in [0.5, 0.6) is 0 Å². The number of ether oxygens (including phenoxy) is 1. The summed E-state index contributed by atoms with van der Waals surface area (Å²) in [6, 6.07) is 0. The average molecular weight is 395 g/mol. The number of hydrogen-bond donors (Lipinski definition) is 0. The van der Waals surface area contributed by atoms with Gasteiger partial charge in [0.05, 0.1) is 0 Å². The fourth-order valence-corrected chi connectivity index (χ4v) is 6.31. The van der Waals surface area contributed by atoms with E-state index in [4.69, 9.17) is 9.16 Å². The number of hydrogen-bond acceptors (Lipinski definition) is 3. The maximum Gasteiger partial charge on any atom is 0.302 e. The predicted octanol–water partition coefficient (Wildman–Crippen LogP) is 6.35. The monoisotopic (exact) mass is 394 g/mol. The summed E-state index contributed by atoms with van der Waals surface area (Å²) in [4.78, 5) is 11.1. The van der Waals surface area contributed by atoms with Crippen LogP contribution in [0.2, 0.25) is 18.1 Å². The van der Waals surface area contributed by atoms with Gasteiger partial charge in [-0.15, -0.1) is 0 Å². The van der Waals surface area contributed by atoms with Crippen LogP contribution < -0.4 is 0 Å². The van der Waals surface area contributed by atoms with E-state index in [9.17, 15) is 4.79 Å². The molecule has 0 spiro atoms. The molecule has 2 saturated carbocycles. The second kappa shape index (κ2) is 8.40. The lowest BCUT2D eigenvalue weighted by atomic mass is 9.61. The molecule has 156 valence electrons. The van der Waals surface area contributed by atoms with Gasteiger partial charge in [-0.3, -0.25) is 4.79 Å². The average Bonchev–Trinajstić information content (AvgIpc) is 2.89. The Morgan fingerprint density at radius 1 is 1.33 bits per heavy atom. The van der Waals surface area contributed by atoms with Gasteiger partial charge in [-0.05, 0) is 79.5 Å². The van der Waals surface area contributed by atoms with E-state index in [0.29, 0.717) is 23.9 Å². The molecule has 0 aliphatic heterocycles. The van der Waals surface area contributed by atoms with E-state index in [1.807, 2.05) is 0 Å². The van der Waals surface area contributed by atoms with Gasteiger partial charge < -0.3 is 9.16 Å². The summed E-state index contributed by atoms with van der Waals surface area (Å²) in [7, 11) is -1.69. The maximum absolute atomic E-state index is 11.1. The van der Waals surface area contributed by atoms with Crippen molar-refractivity contribution >= 4 is 14.3 Å². The number of carbonyl (C=O) groups excluding carboxylic acids is 1. The highest BCUT2D eigenvalue weighted by Crippen LogP contribution is 2.59. The lowest BCUT2D eigenvalue weighted by Crippen LogP contribution is -2.43. The van der Waals surface area contributed by atoms with Gasteiger partial charge in [0, 0.05) is 13.5 Å². The molecule has 0 aromatic carbocycles. The Hall–Kier alpha value is -0.613. The van der Waals surface area contributed by atoms with Gasteiger partial charge in [0.2, 0.25) is 0 Å². The molecule has 4 atom stereocenters. The van der Waals surface area contributed by atoms with Crippen molar-refractivity contribution in [2.75, 3.05) is 13.2 Å². The summed E-state index contributed by atoms with van der Waals surface area (Å²) in [5, 5.41) is 0.270. The summed E-state index contributed by atoms with van der Waals surface area (Å²) in [5.41, 5.74) is 1.90. The Labute approximate surface area is 168 Å². The number of fused-ring (bicyclic) bond motifs is 1. The minimum absolute atomic E-state index is 0.189. The van der Waals surface area contributed by atoms with E-state index in [-0.39, 0.29) is 11.0 Å². The van der Waals surface area contributed by atoms with Gasteiger partial charge in [-0.25, -0.2) is 0 Å². The van der Waals surface area contributed by atoms with Crippen molar-refractivity contribution in [3.05, 3.63) is 11.6 Å². The van der Waals surface area contributed by atoms with E-state index in [1.165, 1.54) is 44.6 Å². The topological polar surface area (TPSA) is 35.5 Å². The van der Waals surface area contributed by atoms with E-state index in [0.717, 1.165) is 12.5 Å². The number of esters is 1. The molecule has 27 heavy (non-hydrogen) atoms. The minimum atomic E-state index is -1.69. The van der Waals surface area contributed by atoms with Crippen LogP contribution in [0.1, 0.15) is 73.6 Å². The van der Waals surface area contributed by atoms with Gasteiger partial charge >= 0.3 is 5.97 Å². The first-order valence-electron chi connectivity index (χ1n) is 10.8. The van der Waals surface area contributed by atoms with Gasteiger partial charge in [0.25, 0.3) is 0 Å². The van der Waals surface area contributed by atoms with Crippen LogP contribution >= 0.6 is 0 Å². The number of rotatable bonds is 6. The molecule has 4 unspecified atom stereocenters. The van der Waals surface area contributed by atoms with Gasteiger partial charge in [-0.2, -0.15) is 0 Å². The SMILES string of the molecule is CC(=O)OC/C=C1\CCCC2(C)C1CCC2C(C)CO[Si](C)(C)C(C)(C)C. The highest BCUT2D eigenvalue weighted by atomic mass is 28.4. The van der Waals surface area contributed by atoms with Crippen LogP contribution in [0.25, 0.3) is 0 Å². The van der Waals surface area contributed by atoms with Crippen molar-refractivity contribution in [2.24, 2.45) is 23.2 Å². The van der Waals surface area contributed by atoms with Gasteiger partial charge in [0.1, 0.15) is 6.61 Å². The van der Waals surface area contributed by atoms with Crippen molar-refractivity contribution in [1.29, 1.82) is 0 Å². The molecule has 0 amide bonds. The maximum atomic E-state index is 11.1. The lowest BCUT2D eigenvalue weighted by molar-refractivity contribution is -0.139. The molecule has 2 rings (SSSR count). The molecule has 0 radical (unpaired) electrons. The zero-order valence-electron chi connectivity index (χ0n) is 19.0. The fraction of sp³-hybridized carbons (Fsp3) is 0.870. The summed E-state index contributed by atoms with van der Waals surface area (Å²) in [6.45, 7) is 19.4. The third-order valence-corrected chi connectivity index (χ3v) is 12.4. The van der Waals surface area contributed by atoms with Crippen molar-refractivity contribution < 1.29 is 14.0 Å². The first-order valence-corrected chi connectivity index (χ1v) is 13.8. The van der Waals surface area contributed by atoms with Crippen LogP contribution in [0.4, 0.5) is 0 Å². The van der Waals surface area contributed by atoms with Crippen molar-refractivity contribution in [2.45, 2.75) is 91.8 Å². The molecule has 0 N–H and O–H groups in total. The Morgan fingerprint density at radius 2 is 2.00 bits per heavy atom. The van der Waals surface area contributed by atoms with E-state index in [2.05, 4.69) is 53.8 Å². The Kier molecular flexibility index (Phi) is 7.06. The van der Waals surface area contributed by atoms with Crippen LogP contribution in [-0.2, 0) is 14.0 Å². The van der Waals surface area contributed by atoms with Crippen molar-refractivity contribution in [3.63, 3.8) is 0 Å². The van der Waals surface area contributed by atoms with Crippen molar-refractivity contribution in [3.8, 4) is 0 Å². The molecule has 0 bridgehead atoms. The first kappa shape index (κ1) is 22.7. The highest BCUT2D eigenvalue weighted by Gasteiger charge is 2.51. The van der Waals surface area contributed by atoms with Crippen LogP contribution in [0, 0.1) is 23.2 Å². The molecule has 0 aromatic rings. The smallest absolute Gasteiger partial charge is 0.302 e. The number of carbonyl (C=O) groups is 1. The Bertz CT molecular complexity index is 560. The summed E-state index contributed by atoms with van der Waals surface area (Å²) in [6.07, 6.45) is 8.51. The summed E-state index contributed by atoms with van der Waals surface area (Å²) in [5.74, 6) is 1.79. The second-order valence-corrected chi connectivity index (χ2v) is 15.5. The summed E-state index contributed by atoms with van der Waals surface area (Å²) >= 11 is 0. The molecule has 0 heterocycles. The molecule has 3 nitrogen and oxygen atoms in total. The number of allylic oxidation sites excluding steroid dienone is 1. The van der Waals surface area contributed by atoms with E-state index < -0.39 is 8.32 Å². The standard InChI is InChI=1S/C23H42O3Si/c1-17(16-26-27(7,8)22(3,4)5)20-11-12-21-19(13-15-25-18(2)24)10-9-14-23(20,21)6/h13,17,20-21H,9-12,14-16H2,1-8H3/b19-13+. The normalized spacial score (nSPS) is 31.6. The Balaban J connectivity index is 2.04. The predicted molar refractivity (Wildman–Crippen MR) is 115 cm³/mol. The third-order valence-electron chi connectivity index (χ3n) is 7.87. The van der Waals surface area contributed by atoms with Crippen LogP contribution in [0.3, 0.4) is 0 Å². The molecular formula is C23H42O3Si. The van der Waals surface area contributed by atoms with E-state index in [1.54, 1.807) is 0 Å². The Morgan fingerprint density at radius 3 is 2.59 bits per heavy atom. The second-order valence-electron chi connectivity index (χ2n) is 10.7. The summed E-state index contributed by atoms with van der Waals surface area (Å²) < 4.78 is 11.8. The van der Waals surface area contributed by atoms with Crippen LogP contribution in [0.15, 0.2) is 11.6 Å². The lowest BCUT2D eigenvalue weighted by Gasteiger charge is -2.45. The highest BCUT2D eigenvalue weighted by molar-refractivity contribution is 6.74. The van der Waals surface area contributed by atoms with Crippen LogP contribution in [-0.4, -0.2) is 27.5 Å². The molecule has 0 saturated heterocycles. The molecular weight excluding hydrogens is 352 g/mol. The zero-order chi connectivity index (χ0) is 20.5. The largest absolute Gasteiger partial charge is 0.462 e. The fourth-order valence-electron chi connectivity index (χ4n) is 5.20. The zero-order valence-corrected chi connectivity index (χ0v) is 20.0. The molecule has 2 fully saturated rings. The van der Waals surface area contributed by atoms with Crippen molar-refractivity contribution in [1.82, 2.24) is 0 Å². The van der Waals surface area contributed by atoms with Gasteiger partial charge in [-0.1, -0.05) is 40.2 Å². The minimum Gasteiger partial charge on any atom is -0.462 e. The first-order chi connectivity index (χ1) is 12.4. The molecule has 2 aliphatic rings. The molecule has 2 aliphatic carbocycles. The van der Waals surface area contributed by atoms with Gasteiger partial charge in [0.15, 0.2) is 8.32 Å². The molecule has 4 heteroatoms. The quantitative estimate of drug-likeness (QED) is 0.299. The third kappa shape index (κ3) is 5.06. The molecule has 0 aromatic heterocycles.